The monoisotopic (exact) mass is 409 g/mol. The lowest BCUT2D eigenvalue weighted by atomic mass is 10.2. The molecule has 1 N–H and O–H groups in total. The van der Waals surface area contributed by atoms with Crippen molar-refractivity contribution in [3.8, 4) is 0 Å². The molecular weight excluding hydrogens is 386 g/mol. The van der Waals surface area contributed by atoms with E-state index >= 15 is 0 Å². The fourth-order valence-corrected chi connectivity index (χ4v) is 4.26. The second-order valence-electron chi connectivity index (χ2n) is 5.55. The summed E-state index contributed by atoms with van der Waals surface area (Å²) in [6.07, 6.45) is 1.55. The number of aromatic nitrogens is 2. The van der Waals surface area contributed by atoms with Crippen molar-refractivity contribution < 1.29 is 19.1 Å². The number of hydrogen-bond acceptors (Lipinski definition) is 8. The summed E-state index contributed by atoms with van der Waals surface area (Å²) in [7, 11) is 0. The molecule has 2 aromatic rings. The van der Waals surface area contributed by atoms with Crippen LogP contribution in [0.5, 0.6) is 0 Å². The van der Waals surface area contributed by atoms with Crippen LogP contribution < -0.4 is 5.32 Å². The maximum Gasteiger partial charge on any atom is 0.319 e. The van der Waals surface area contributed by atoms with Gasteiger partial charge in [-0.05, 0) is 18.9 Å². The Hall–Kier alpha value is -1.97. The van der Waals surface area contributed by atoms with Crippen LogP contribution in [0, 0.1) is 0 Å². The second-order valence-corrected chi connectivity index (χ2v) is 7.97. The second kappa shape index (κ2) is 11.7. The van der Waals surface area contributed by atoms with Crippen molar-refractivity contribution in [1.82, 2.24) is 10.2 Å². The number of benzene rings is 1. The van der Waals surface area contributed by atoms with E-state index in [9.17, 15) is 9.59 Å². The van der Waals surface area contributed by atoms with Crippen LogP contribution in [0.1, 0.15) is 32.3 Å². The summed E-state index contributed by atoms with van der Waals surface area (Å²) < 4.78 is 11.1. The predicted molar refractivity (Wildman–Crippen MR) is 106 cm³/mol. The van der Waals surface area contributed by atoms with Crippen LogP contribution in [0.3, 0.4) is 0 Å². The third-order valence-electron chi connectivity index (χ3n) is 3.34. The van der Waals surface area contributed by atoms with Crippen LogP contribution in [0.4, 0.5) is 5.13 Å². The Kier molecular flexibility index (Phi) is 9.23. The fraction of sp³-hybridized carbons (Fsp3) is 0.444. The van der Waals surface area contributed by atoms with Gasteiger partial charge in [-0.3, -0.25) is 14.9 Å². The molecule has 9 heteroatoms. The first-order valence-corrected chi connectivity index (χ1v) is 10.4. The molecule has 1 amide bonds. The highest BCUT2D eigenvalue weighted by Crippen LogP contribution is 2.31. The molecule has 0 bridgehead atoms. The lowest BCUT2D eigenvalue weighted by molar-refractivity contribution is -0.142. The van der Waals surface area contributed by atoms with Gasteiger partial charge in [0.15, 0.2) is 4.34 Å². The molecule has 2 rings (SSSR count). The number of amides is 1. The maximum atomic E-state index is 12.0. The van der Waals surface area contributed by atoms with Crippen LogP contribution in [-0.2, 0) is 25.7 Å². The van der Waals surface area contributed by atoms with Gasteiger partial charge in [-0.25, -0.2) is 0 Å². The lowest BCUT2D eigenvalue weighted by Crippen LogP contribution is -2.20. The molecule has 1 aromatic carbocycles. The van der Waals surface area contributed by atoms with Crippen molar-refractivity contribution in [1.29, 1.82) is 0 Å². The number of thioether (sulfide) groups is 1. The summed E-state index contributed by atoms with van der Waals surface area (Å²) in [5.74, 6) is -0.548. The summed E-state index contributed by atoms with van der Waals surface area (Å²) in [6, 6.07) is 9.63. The van der Waals surface area contributed by atoms with E-state index < -0.39 is 0 Å². The van der Waals surface area contributed by atoms with Gasteiger partial charge < -0.3 is 9.47 Å². The molecule has 7 nitrogen and oxygen atoms in total. The highest BCUT2D eigenvalue weighted by atomic mass is 32.2. The van der Waals surface area contributed by atoms with Gasteiger partial charge in [-0.15, -0.1) is 10.2 Å². The Morgan fingerprint density at radius 2 is 2.00 bits per heavy atom. The zero-order valence-corrected chi connectivity index (χ0v) is 17.0. The Morgan fingerprint density at radius 1 is 1.22 bits per heavy atom. The molecule has 0 saturated heterocycles. The van der Waals surface area contributed by atoms with Gasteiger partial charge in [0.05, 0.1) is 13.2 Å². The SMILES string of the molecule is CCC[C@@H](Sc1nnc(NC(=O)COCc2ccccc2)s1)C(=O)OCC. The third kappa shape index (κ3) is 7.66. The van der Waals surface area contributed by atoms with Crippen molar-refractivity contribution in [2.45, 2.75) is 42.9 Å². The number of rotatable bonds is 11. The van der Waals surface area contributed by atoms with E-state index in [4.69, 9.17) is 9.47 Å². The zero-order chi connectivity index (χ0) is 19.5. The number of anilines is 1. The van der Waals surface area contributed by atoms with Gasteiger partial charge in [0, 0.05) is 0 Å². The van der Waals surface area contributed by atoms with Crippen molar-refractivity contribution >= 4 is 40.1 Å². The van der Waals surface area contributed by atoms with Gasteiger partial charge in [0.2, 0.25) is 5.13 Å². The van der Waals surface area contributed by atoms with E-state index in [2.05, 4.69) is 15.5 Å². The highest BCUT2D eigenvalue weighted by molar-refractivity contribution is 8.02. The minimum Gasteiger partial charge on any atom is -0.465 e. The molecular formula is C18H23N3O4S2. The van der Waals surface area contributed by atoms with Crippen LogP contribution in [-0.4, -0.2) is 40.5 Å². The Bertz CT molecular complexity index is 724. The summed E-state index contributed by atoms with van der Waals surface area (Å²) in [6.45, 7) is 4.43. The molecule has 0 fully saturated rings. The minimum atomic E-state index is -0.319. The fourth-order valence-electron chi connectivity index (χ4n) is 2.14. The van der Waals surface area contributed by atoms with E-state index in [0.29, 0.717) is 29.1 Å². The molecule has 146 valence electrons. The third-order valence-corrected chi connectivity index (χ3v) is 5.51. The maximum absolute atomic E-state index is 12.0. The summed E-state index contributed by atoms with van der Waals surface area (Å²) >= 11 is 2.54. The lowest BCUT2D eigenvalue weighted by Gasteiger charge is -2.11. The van der Waals surface area contributed by atoms with Crippen LogP contribution >= 0.6 is 23.1 Å². The van der Waals surface area contributed by atoms with Crippen LogP contribution in [0.15, 0.2) is 34.7 Å². The van der Waals surface area contributed by atoms with E-state index in [0.717, 1.165) is 12.0 Å². The van der Waals surface area contributed by atoms with E-state index in [1.165, 1.54) is 23.1 Å². The molecule has 0 aliphatic carbocycles. The van der Waals surface area contributed by atoms with Crippen molar-refractivity contribution in [2.75, 3.05) is 18.5 Å². The molecule has 27 heavy (non-hydrogen) atoms. The van der Waals surface area contributed by atoms with Crippen LogP contribution in [0.2, 0.25) is 0 Å². The number of esters is 1. The summed E-state index contributed by atoms with van der Waals surface area (Å²) in [5.41, 5.74) is 1.00. The van der Waals surface area contributed by atoms with Crippen molar-refractivity contribution in [3.63, 3.8) is 0 Å². The molecule has 0 saturated carbocycles. The molecule has 1 atom stereocenters. The first-order chi connectivity index (χ1) is 13.1. The molecule has 1 aromatic heterocycles. The predicted octanol–water partition coefficient (Wildman–Crippen LogP) is 3.52. The average Bonchev–Trinajstić information content (AvgIpc) is 3.09. The van der Waals surface area contributed by atoms with E-state index in [1.54, 1.807) is 6.92 Å². The highest BCUT2D eigenvalue weighted by Gasteiger charge is 2.22. The van der Waals surface area contributed by atoms with Crippen LogP contribution in [0.25, 0.3) is 0 Å². The standard InChI is InChI=1S/C18H23N3O4S2/c1-3-8-14(16(23)25-4-2)26-18-21-20-17(27-18)19-15(22)12-24-11-13-9-6-5-7-10-13/h5-7,9-10,14H,3-4,8,11-12H2,1-2H3,(H,19,20,22)/t14-/m1/s1. The summed E-state index contributed by atoms with van der Waals surface area (Å²) in [5, 5.41) is 10.7. The van der Waals surface area contributed by atoms with Crippen molar-refractivity contribution in [3.05, 3.63) is 35.9 Å². The van der Waals surface area contributed by atoms with Gasteiger partial charge >= 0.3 is 5.97 Å². The number of nitrogens with zero attached hydrogens (tertiary/aromatic N) is 2. The number of carbonyl (C=O) groups excluding carboxylic acids is 2. The first kappa shape index (κ1) is 21.3. The number of hydrogen-bond donors (Lipinski definition) is 1. The number of nitrogens with one attached hydrogen (secondary N) is 1. The smallest absolute Gasteiger partial charge is 0.319 e. The molecule has 0 aliphatic rings. The first-order valence-electron chi connectivity index (χ1n) is 8.70. The average molecular weight is 410 g/mol. The molecule has 0 unspecified atom stereocenters. The molecule has 0 radical (unpaired) electrons. The number of ether oxygens (including phenoxy) is 2. The number of carbonyl (C=O) groups is 2. The topological polar surface area (TPSA) is 90.4 Å². The Labute approximate surface area is 166 Å². The summed E-state index contributed by atoms with van der Waals surface area (Å²) in [4.78, 5) is 23.9. The largest absolute Gasteiger partial charge is 0.465 e. The van der Waals surface area contributed by atoms with Gasteiger partial charge in [0.1, 0.15) is 11.9 Å². The quantitative estimate of drug-likeness (QED) is 0.345. The minimum absolute atomic E-state index is 0.0712. The molecule has 1 heterocycles. The van der Waals surface area contributed by atoms with Gasteiger partial charge in [-0.1, -0.05) is 66.8 Å². The van der Waals surface area contributed by atoms with E-state index in [-0.39, 0.29) is 23.7 Å². The van der Waals surface area contributed by atoms with E-state index in [1.807, 2.05) is 37.3 Å². The zero-order valence-electron chi connectivity index (χ0n) is 15.3. The van der Waals surface area contributed by atoms with Gasteiger partial charge in [-0.2, -0.15) is 0 Å². The van der Waals surface area contributed by atoms with Crippen molar-refractivity contribution in [2.24, 2.45) is 0 Å². The Balaban J connectivity index is 1.80. The molecule has 0 spiro atoms. The normalized spacial score (nSPS) is 11.8. The molecule has 0 aliphatic heterocycles. The van der Waals surface area contributed by atoms with Gasteiger partial charge in [0.25, 0.3) is 5.91 Å². The Morgan fingerprint density at radius 3 is 2.70 bits per heavy atom.